The lowest BCUT2D eigenvalue weighted by atomic mass is 10.1. The molecule has 0 aliphatic heterocycles. The molecule has 2 aromatic rings. The molecule has 0 aromatic heterocycles. The van der Waals surface area contributed by atoms with Gasteiger partial charge in [-0.1, -0.05) is 75.4 Å². The van der Waals surface area contributed by atoms with Crippen molar-refractivity contribution in [2.75, 3.05) is 13.7 Å². The molecule has 0 heterocycles. The van der Waals surface area contributed by atoms with E-state index in [4.69, 9.17) is 5.73 Å². The maximum Gasteiger partial charge on any atom is 0.337 e. The summed E-state index contributed by atoms with van der Waals surface area (Å²) in [4.78, 5) is 11.1. The highest BCUT2D eigenvalue weighted by Crippen LogP contribution is 2.07. The van der Waals surface area contributed by atoms with E-state index >= 15 is 0 Å². The highest BCUT2D eigenvalue weighted by Gasteiger charge is 2.02. The smallest absolute Gasteiger partial charge is 0.337 e. The first kappa shape index (κ1) is 22.6. The number of hydrogen-bond acceptors (Lipinski definition) is 3. The zero-order valence-electron chi connectivity index (χ0n) is 15.9. The van der Waals surface area contributed by atoms with E-state index in [1.807, 2.05) is 50.3 Å². The summed E-state index contributed by atoms with van der Waals surface area (Å²) >= 11 is 0. The summed E-state index contributed by atoms with van der Waals surface area (Å²) in [7, 11) is 1.38. The Hall–Kier alpha value is -2.39. The van der Waals surface area contributed by atoms with Crippen molar-refractivity contribution in [1.82, 2.24) is 0 Å². The van der Waals surface area contributed by atoms with Crippen molar-refractivity contribution in [3.05, 3.63) is 77.4 Å². The molecule has 136 valence electrons. The van der Waals surface area contributed by atoms with Crippen LogP contribution in [0, 0.1) is 0 Å². The van der Waals surface area contributed by atoms with Crippen LogP contribution in [-0.2, 0) is 11.2 Å². The molecule has 0 fully saturated rings. The lowest BCUT2D eigenvalue weighted by Crippen LogP contribution is -2.01. The second kappa shape index (κ2) is 15.2. The third kappa shape index (κ3) is 10.2. The first-order valence-corrected chi connectivity index (χ1v) is 8.80. The molecule has 25 heavy (non-hydrogen) atoms. The molecule has 3 heteroatoms. The second-order valence-electron chi connectivity index (χ2n) is 4.95. The molecule has 0 amide bonds. The van der Waals surface area contributed by atoms with Crippen molar-refractivity contribution in [2.45, 2.75) is 33.6 Å². The standard InChI is InChI=1S/C12H14O2.C8H11N.C2H6/c1-3-4-5-10-6-8-11(9-7-10)12(13)14-2;9-7-6-8-4-2-1-3-5-8;1-2/h4-9H,3H2,1-2H3;1-5H,6-7,9H2;1-2H3/b5-4+;;. The van der Waals surface area contributed by atoms with Gasteiger partial charge in [0.15, 0.2) is 0 Å². The molecule has 0 spiro atoms. The molecule has 3 nitrogen and oxygen atoms in total. The van der Waals surface area contributed by atoms with E-state index in [0.717, 1.165) is 24.9 Å². The minimum absolute atomic E-state index is 0.295. The van der Waals surface area contributed by atoms with E-state index in [2.05, 4.69) is 29.9 Å². The van der Waals surface area contributed by atoms with Crippen LogP contribution in [0.4, 0.5) is 0 Å². The Kier molecular flexibility index (Phi) is 13.7. The Balaban J connectivity index is 0.000000451. The predicted molar refractivity (Wildman–Crippen MR) is 108 cm³/mol. The van der Waals surface area contributed by atoms with Gasteiger partial charge in [0, 0.05) is 0 Å². The van der Waals surface area contributed by atoms with Gasteiger partial charge in [0.05, 0.1) is 12.7 Å². The number of benzene rings is 2. The van der Waals surface area contributed by atoms with Gasteiger partial charge < -0.3 is 10.5 Å². The van der Waals surface area contributed by atoms with Crippen LogP contribution < -0.4 is 5.73 Å². The summed E-state index contributed by atoms with van der Waals surface area (Å²) in [5.74, 6) is -0.295. The number of carbonyl (C=O) groups is 1. The fourth-order valence-electron chi connectivity index (χ4n) is 1.91. The highest BCUT2D eigenvalue weighted by atomic mass is 16.5. The van der Waals surface area contributed by atoms with E-state index in [-0.39, 0.29) is 5.97 Å². The normalized spacial score (nSPS) is 9.48. The topological polar surface area (TPSA) is 52.3 Å². The number of carbonyl (C=O) groups excluding carboxylic acids is 1. The van der Waals surface area contributed by atoms with Crippen molar-refractivity contribution < 1.29 is 9.53 Å². The van der Waals surface area contributed by atoms with Crippen molar-refractivity contribution >= 4 is 12.0 Å². The van der Waals surface area contributed by atoms with Crippen LogP contribution in [-0.4, -0.2) is 19.6 Å². The SMILES string of the molecule is CC.CC/C=C/c1ccc(C(=O)OC)cc1.NCCc1ccccc1. The number of esters is 1. The molecule has 2 rings (SSSR count). The third-order valence-electron chi connectivity index (χ3n) is 3.15. The van der Waals surface area contributed by atoms with E-state index in [1.54, 1.807) is 12.1 Å². The summed E-state index contributed by atoms with van der Waals surface area (Å²) in [5, 5.41) is 0. The van der Waals surface area contributed by atoms with Crippen LogP contribution in [0.25, 0.3) is 6.08 Å². The molecule has 0 bridgehead atoms. The van der Waals surface area contributed by atoms with Crippen LogP contribution in [0.3, 0.4) is 0 Å². The zero-order chi connectivity index (χ0) is 18.9. The lowest BCUT2D eigenvalue weighted by Gasteiger charge is -1.98. The summed E-state index contributed by atoms with van der Waals surface area (Å²) < 4.78 is 4.60. The van der Waals surface area contributed by atoms with Gasteiger partial charge in [-0.2, -0.15) is 0 Å². The Bertz CT molecular complexity index is 589. The second-order valence-corrected chi connectivity index (χ2v) is 4.95. The number of methoxy groups -OCH3 is 1. The zero-order valence-corrected chi connectivity index (χ0v) is 15.9. The van der Waals surface area contributed by atoms with Crippen LogP contribution >= 0.6 is 0 Å². The van der Waals surface area contributed by atoms with Gasteiger partial charge >= 0.3 is 5.97 Å². The molecule has 0 saturated carbocycles. The lowest BCUT2D eigenvalue weighted by molar-refractivity contribution is 0.0600. The van der Waals surface area contributed by atoms with Crippen molar-refractivity contribution in [1.29, 1.82) is 0 Å². The highest BCUT2D eigenvalue weighted by molar-refractivity contribution is 5.89. The molecule has 2 aromatic carbocycles. The quantitative estimate of drug-likeness (QED) is 0.769. The molecule has 0 aliphatic carbocycles. The van der Waals surface area contributed by atoms with Crippen molar-refractivity contribution in [3.8, 4) is 0 Å². The van der Waals surface area contributed by atoms with Crippen LogP contribution in [0.15, 0.2) is 60.7 Å². The van der Waals surface area contributed by atoms with Crippen LogP contribution in [0.1, 0.15) is 48.7 Å². The minimum atomic E-state index is -0.295. The number of nitrogens with two attached hydrogens (primary N) is 1. The maximum absolute atomic E-state index is 11.1. The molecule has 0 aliphatic rings. The number of hydrogen-bond donors (Lipinski definition) is 1. The average molecular weight is 341 g/mol. The first-order chi connectivity index (χ1) is 12.2. The Morgan fingerprint density at radius 2 is 1.64 bits per heavy atom. The summed E-state index contributed by atoms with van der Waals surface area (Å²) in [6, 6.07) is 17.6. The van der Waals surface area contributed by atoms with Crippen molar-refractivity contribution in [2.24, 2.45) is 5.73 Å². The molecule has 0 atom stereocenters. The van der Waals surface area contributed by atoms with E-state index in [9.17, 15) is 4.79 Å². The van der Waals surface area contributed by atoms with Crippen molar-refractivity contribution in [3.63, 3.8) is 0 Å². The van der Waals surface area contributed by atoms with Gasteiger partial charge in [-0.05, 0) is 42.6 Å². The van der Waals surface area contributed by atoms with E-state index in [1.165, 1.54) is 12.7 Å². The fraction of sp³-hybridized carbons (Fsp3) is 0.318. The predicted octanol–water partition coefficient (Wildman–Crippen LogP) is 5.11. The Morgan fingerprint density at radius 1 is 1.04 bits per heavy atom. The van der Waals surface area contributed by atoms with Crippen LogP contribution in [0.5, 0.6) is 0 Å². The Labute approximate surface area is 152 Å². The molecule has 0 saturated heterocycles. The van der Waals surface area contributed by atoms with E-state index in [0.29, 0.717) is 5.56 Å². The third-order valence-corrected chi connectivity index (χ3v) is 3.15. The largest absolute Gasteiger partial charge is 0.465 e. The fourth-order valence-corrected chi connectivity index (χ4v) is 1.91. The van der Waals surface area contributed by atoms with Gasteiger partial charge in [-0.25, -0.2) is 4.79 Å². The minimum Gasteiger partial charge on any atom is -0.465 e. The summed E-state index contributed by atoms with van der Waals surface area (Å²) in [6.07, 6.45) is 6.10. The monoisotopic (exact) mass is 341 g/mol. The van der Waals surface area contributed by atoms with Gasteiger partial charge in [0.2, 0.25) is 0 Å². The number of allylic oxidation sites excluding steroid dienone is 1. The van der Waals surface area contributed by atoms with Gasteiger partial charge in [-0.15, -0.1) is 0 Å². The van der Waals surface area contributed by atoms with Gasteiger partial charge in [0.1, 0.15) is 0 Å². The molecule has 0 unspecified atom stereocenters. The number of rotatable bonds is 5. The molecule has 0 radical (unpaired) electrons. The van der Waals surface area contributed by atoms with Gasteiger partial charge in [-0.3, -0.25) is 0 Å². The van der Waals surface area contributed by atoms with Gasteiger partial charge in [0.25, 0.3) is 0 Å². The summed E-state index contributed by atoms with van der Waals surface area (Å²) in [6.45, 7) is 6.82. The first-order valence-electron chi connectivity index (χ1n) is 8.80. The molecular formula is C22H31NO2. The number of ether oxygens (including phenoxy) is 1. The maximum atomic E-state index is 11.1. The Morgan fingerprint density at radius 3 is 2.12 bits per heavy atom. The average Bonchev–Trinajstić information content (AvgIpc) is 2.69. The molecular weight excluding hydrogens is 310 g/mol. The van der Waals surface area contributed by atoms with Crippen LogP contribution in [0.2, 0.25) is 0 Å². The summed E-state index contributed by atoms with van der Waals surface area (Å²) in [5.41, 5.74) is 8.36. The van der Waals surface area contributed by atoms with E-state index < -0.39 is 0 Å². The molecule has 2 N–H and O–H groups in total.